The number of unbranched alkanes of at least 4 members (excludes halogenated alkanes) is 18. The average molecular weight is 815 g/mol. The van der Waals surface area contributed by atoms with Crippen molar-refractivity contribution in [1.29, 1.82) is 0 Å². The van der Waals surface area contributed by atoms with Gasteiger partial charge in [-0.25, -0.2) is 4.57 Å². The third-order valence-corrected chi connectivity index (χ3v) is 13.1. The van der Waals surface area contributed by atoms with Gasteiger partial charge in [-0.1, -0.05) is 168 Å². The molecule has 0 aliphatic heterocycles. The Morgan fingerprint density at radius 3 is 1.39 bits per heavy atom. The van der Waals surface area contributed by atoms with Gasteiger partial charge in [0, 0.05) is 12.8 Å². The summed E-state index contributed by atoms with van der Waals surface area (Å²) in [7, 11) is 1.50. The summed E-state index contributed by atoms with van der Waals surface area (Å²) in [5, 5.41) is 0. The number of ether oxygens (including phenoxy) is 2. The van der Waals surface area contributed by atoms with Crippen molar-refractivity contribution in [2.45, 2.75) is 213 Å². The van der Waals surface area contributed by atoms with Crippen molar-refractivity contribution >= 4 is 19.8 Å². The molecule has 10 heteroatoms. The molecule has 1 N–H and O–H groups in total. The van der Waals surface area contributed by atoms with Gasteiger partial charge in [-0.3, -0.25) is 18.6 Å². The second-order valence-corrected chi connectivity index (χ2v) is 20.1. The molecule has 2 aliphatic rings. The first kappa shape index (κ1) is 51.2. The summed E-state index contributed by atoms with van der Waals surface area (Å²) in [5.41, 5.74) is 0. The van der Waals surface area contributed by atoms with Crippen LogP contribution in [0.4, 0.5) is 0 Å². The minimum atomic E-state index is -4.37. The highest BCUT2D eigenvalue weighted by Crippen LogP contribution is 2.47. The minimum absolute atomic E-state index is 0.0392. The van der Waals surface area contributed by atoms with Gasteiger partial charge >= 0.3 is 19.8 Å². The van der Waals surface area contributed by atoms with E-state index >= 15 is 0 Å². The molecule has 0 aromatic heterocycles. The van der Waals surface area contributed by atoms with Crippen molar-refractivity contribution < 1.29 is 42.1 Å². The fraction of sp³-hybridized carbons (Fsp3) is 0.957. The van der Waals surface area contributed by atoms with E-state index in [1.165, 1.54) is 141 Å². The van der Waals surface area contributed by atoms with Crippen LogP contribution in [-0.2, 0) is 32.7 Å². The van der Waals surface area contributed by atoms with Gasteiger partial charge in [0.15, 0.2) is 6.10 Å². The van der Waals surface area contributed by atoms with Crippen molar-refractivity contribution in [1.82, 2.24) is 0 Å². The summed E-state index contributed by atoms with van der Waals surface area (Å²) < 4.78 is 34.5. The quantitative estimate of drug-likeness (QED) is 0.0282. The van der Waals surface area contributed by atoms with Crippen LogP contribution in [0.5, 0.6) is 0 Å². The second-order valence-electron chi connectivity index (χ2n) is 18.6. The second kappa shape index (κ2) is 31.0. The lowest BCUT2D eigenvalue weighted by Crippen LogP contribution is -2.37. The zero-order chi connectivity index (χ0) is 40.9. The zero-order valence-corrected chi connectivity index (χ0v) is 38.0. The first-order chi connectivity index (χ1) is 26.9. The Labute approximate surface area is 344 Å². The molecule has 2 saturated carbocycles. The molecule has 0 radical (unpaired) electrons. The molecule has 0 saturated heterocycles. The van der Waals surface area contributed by atoms with Crippen molar-refractivity contribution in [2.75, 3.05) is 47.5 Å². The van der Waals surface area contributed by atoms with E-state index < -0.39 is 19.9 Å². The Balaban J connectivity index is 1.58. The maximum Gasteiger partial charge on any atom is 0.472 e. The molecular weight excluding hydrogens is 725 g/mol. The molecule has 6 atom stereocenters. The molecular formula is C46H89NO8P+. The standard InChI is InChI=1S/C46H88NO8P/c1-6-8-10-12-16-22-28-40-36-42(40)30-24-18-14-20-26-32-45(48)52-38-44(39-54-56(50,51)53-35-34-47(3,4)5)55-46(49)33-27-21-15-19-25-31-43-37-41(43)29-23-17-13-11-9-7-2/h40-44H,6-39H2,1-5H3/p+1. The smallest absolute Gasteiger partial charge is 0.462 e. The molecule has 2 fully saturated rings. The lowest BCUT2D eigenvalue weighted by atomic mass is 10.0. The van der Waals surface area contributed by atoms with E-state index in [2.05, 4.69) is 13.8 Å². The number of quaternary nitrogens is 1. The molecule has 56 heavy (non-hydrogen) atoms. The Hall–Kier alpha value is -0.990. The van der Waals surface area contributed by atoms with E-state index in [4.69, 9.17) is 18.5 Å². The first-order valence-electron chi connectivity index (χ1n) is 23.7. The highest BCUT2D eigenvalue weighted by molar-refractivity contribution is 7.47. The number of carbonyl (C=O) groups excluding carboxylic acids is 2. The third kappa shape index (κ3) is 29.3. The Kier molecular flexibility index (Phi) is 28.3. The van der Waals surface area contributed by atoms with Gasteiger partial charge < -0.3 is 18.9 Å². The van der Waals surface area contributed by atoms with Gasteiger partial charge in [-0.2, -0.15) is 0 Å². The predicted octanol–water partition coefficient (Wildman–Crippen LogP) is 12.5. The van der Waals surface area contributed by atoms with Gasteiger partial charge in [0.25, 0.3) is 0 Å². The highest BCUT2D eigenvalue weighted by atomic mass is 31.2. The molecule has 2 rings (SSSR count). The lowest BCUT2D eigenvalue weighted by Gasteiger charge is -2.24. The number of esters is 2. The van der Waals surface area contributed by atoms with Crippen molar-refractivity contribution in [3.63, 3.8) is 0 Å². The Bertz CT molecular complexity index is 1050. The van der Waals surface area contributed by atoms with Crippen LogP contribution in [0.25, 0.3) is 0 Å². The summed E-state index contributed by atoms with van der Waals surface area (Å²) in [5.74, 6) is 3.08. The van der Waals surface area contributed by atoms with Crippen LogP contribution >= 0.6 is 7.82 Å². The molecule has 0 aromatic rings. The van der Waals surface area contributed by atoms with Crippen LogP contribution in [0.15, 0.2) is 0 Å². The molecule has 6 unspecified atom stereocenters. The maximum absolute atomic E-state index is 12.8. The molecule has 2 aliphatic carbocycles. The number of hydrogen-bond acceptors (Lipinski definition) is 7. The van der Waals surface area contributed by atoms with Crippen LogP contribution in [0.1, 0.15) is 206 Å². The number of hydrogen-bond donors (Lipinski definition) is 1. The van der Waals surface area contributed by atoms with Gasteiger partial charge in [-0.15, -0.1) is 0 Å². The molecule has 330 valence electrons. The molecule has 0 bridgehead atoms. The summed E-state index contributed by atoms with van der Waals surface area (Å²) in [4.78, 5) is 35.5. The number of likely N-dealkylation sites (N-methyl/N-ethyl adjacent to an activating group) is 1. The SMILES string of the molecule is CCCCCCCCC1CC1CCCCCCCC(=O)OCC(COP(=O)(O)OCC[N+](C)(C)C)OC(=O)CCCCCCCC1CC1CCCCCCCC. The largest absolute Gasteiger partial charge is 0.472 e. The van der Waals surface area contributed by atoms with E-state index in [-0.39, 0.29) is 32.2 Å². The van der Waals surface area contributed by atoms with Crippen LogP contribution in [0, 0.1) is 23.7 Å². The van der Waals surface area contributed by atoms with Crippen LogP contribution in [0.2, 0.25) is 0 Å². The summed E-state index contributed by atoms with van der Waals surface area (Å²) >= 11 is 0. The number of phosphoric ester groups is 1. The summed E-state index contributed by atoms with van der Waals surface area (Å²) in [6.45, 7) is 4.49. The van der Waals surface area contributed by atoms with Crippen LogP contribution in [-0.4, -0.2) is 74.9 Å². The number of nitrogens with zero attached hydrogens (tertiary/aromatic N) is 1. The van der Waals surface area contributed by atoms with E-state index in [0.717, 1.165) is 62.2 Å². The van der Waals surface area contributed by atoms with E-state index in [1.54, 1.807) is 0 Å². The lowest BCUT2D eigenvalue weighted by molar-refractivity contribution is -0.870. The van der Waals surface area contributed by atoms with E-state index in [1.807, 2.05) is 21.1 Å². The summed E-state index contributed by atoms with van der Waals surface area (Å²) in [6, 6.07) is 0. The Morgan fingerprint density at radius 1 is 0.571 bits per heavy atom. The molecule has 0 aromatic carbocycles. The monoisotopic (exact) mass is 815 g/mol. The topological polar surface area (TPSA) is 108 Å². The van der Waals surface area contributed by atoms with Gasteiger partial charge in [-0.05, 0) is 49.4 Å². The van der Waals surface area contributed by atoms with Crippen molar-refractivity contribution in [2.24, 2.45) is 23.7 Å². The van der Waals surface area contributed by atoms with Gasteiger partial charge in [0.05, 0.1) is 27.7 Å². The molecule has 0 heterocycles. The number of phosphoric acid groups is 1. The third-order valence-electron chi connectivity index (χ3n) is 12.1. The number of carbonyl (C=O) groups is 2. The molecule has 0 spiro atoms. The fourth-order valence-corrected chi connectivity index (χ4v) is 8.83. The van der Waals surface area contributed by atoms with Crippen molar-refractivity contribution in [3.05, 3.63) is 0 Å². The minimum Gasteiger partial charge on any atom is -0.462 e. The molecule has 0 amide bonds. The van der Waals surface area contributed by atoms with Crippen LogP contribution < -0.4 is 0 Å². The fourth-order valence-electron chi connectivity index (χ4n) is 8.08. The van der Waals surface area contributed by atoms with E-state index in [9.17, 15) is 19.0 Å². The van der Waals surface area contributed by atoms with Gasteiger partial charge in [0.2, 0.25) is 0 Å². The maximum atomic E-state index is 12.8. The first-order valence-corrected chi connectivity index (χ1v) is 25.2. The molecule has 9 nitrogen and oxygen atoms in total. The van der Waals surface area contributed by atoms with E-state index in [0.29, 0.717) is 17.4 Å². The summed E-state index contributed by atoms with van der Waals surface area (Å²) in [6.07, 6.45) is 35.2. The zero-order valence-electron chi connectivity index (χ0n) is 37.1. The predicted molar refractivity (Wildman–Crippen MR) is 229 cm³/mol. The Morgan fingerprint density at radius 2 is 0.964 bits per heavy atom. The van der Waals surface area contributed by atoms with Gasteiger partial charge in [0.1, 0.15) is 19.8 Å². The highest BCUT2D eigenvalue weighted by Gasteiger charge is 2.36. The van der Waals surface area contributed by atoms with Crippen LogP contribution in [0.3, 0.4) is 0 Å². The average Bonchev–Trinajstić information content (AvgIpc) is 4.08. The normalized spacial score (nSPS) is 20.8. The van der Waals surface area contributed by atoms with Crippen molar-refractivity contribution in [3.8, 4) is 0 Å². The number of rotatable bonds is 40.